The number of ether oxygens (including phenoxy) is 1. The quantitative estimate of drug-likeness (QED) is 0.580. The number of likely N-dealkylation sites (N-methyl/N-ethyl adjacent to an activating group) is 1. The lowest BCUT2D eigenvalue weighted by atomic mass is 10.1. The summed E-state index contributed by atoms with van der Waals surface area (Å²) in [5, 5.41) is 10.5. The van der Waals surface area contributed by atoms with Crippen LogP contribution in [0.25, 0.3) is 6.08 Å². The van der Waals surface area contributed by atoms with Gasteiger partial charge in [0.1, 0.15) is 0 Å². The molecule has 0 aromatic heterocycles. The predicted octanol–water partition coefficient (Wildman–Crippen LogP) is 4.59. The van der Waals surface area contributed by atoms with Crippen molar-refractivity contribution < 1.29 is 14.6 Å². The molecule has 0 aliphatic carbocycles. The molecule has 136 valence electrons. The van der Waals surface area contributed by atoms with Crippen LogP contribution in [0.1, 0.15) is 18.1 Å². The van der Waals surface area contributed by atoms with Crippen LogP contribution in [-0.2, 0) is 10.5 Å². The molecule has 1 saturated heterocycles. The van der Waals surface area contributed by atoms with Crippen molar-refractivity contribution in [2.75, 3.05) is 19.5 Å². The van der Waals surface area contributed by atoms with E-state index in [4.69, 9.17) is 4.74 Å². The Labute approximate surface area is 162 Å². The molecule has 2 aromatic rings. The zero-order chi connectivity index (χ0) is 18.5. The second kappa shape index (κ2) is 8.56. The number of phenols is 1. The van der Waals surface area contributed by atoms with Crippen molar-refractivity contribution in [2.24, 2.45) is 0 Å². The number of carbonyl (C=O) groups is 1. The van der Waals surface area contributed by atoms with Gasteiger partial charge in [-0.05, 0) is 42.8 Å². The topological polar surface area (TPSA) is 49.8 Å². The summed E-state index contributed by atoms with van der Waals surface area (Å²) in [6, 6.07) is 13.8. The average molecular weight is 388 g/mol. The molecule has 1 N–H and O–H groups in total. The van der Waals surface area contributed by atoms with Gasteiger partial charge in [0.25, 0.3) is 5.91 Å². The summed E-state index contributed by atoms with van der Waals surface area (Å²) in [5.41, 5.74) is 1.65. The van der Waals surface area contributed by atoms with Crippen molar-refractivity contribution >= 4 is 35.5 Å². The fourth-order valence-electron chi connectivity index (χ4n) is 2.56. The molecule has 0 saturated carbocycles. The molecule has 0 unspecified atom stereocenters. The maximum Gasteiger partial charge on any atom is 0.260 e. The van der Waals surface area contributed by atoms with Crippen molar-refractivity contribution in [3.63, 3.8) is 0 Å². The van der Waals surface area contributed by atoms with Crippen LogP contribution in [0.15, 0.2) is 52.3 Å². The average Bonchev–Trinajstić information content (AvgIpc) is 2.96. The SMILES string of the molecule is CCOc1cc(C=C2SCN(C)C2=O)cc(CSc2ccccc2)c1O. The molecular formula is C20H21NO3S2. The fourth-order valence-corrected chi connectivity index (χ4v) is 4.40. The van der Waals surface area contributed by atoms with Crippen molar-refractivity contribution in [3.05, 3.63) is 58.5 Å². The zero-order valence-electron chi connectivity index (χ0n) is 14.8. The molecule has 1 fully saturated rings. The highest BCUT2D eigenvalue weighted by Crippen LogP contribution is 2.37. The van der Waals surface area contributed by atoms with E-state index in [0.29, 0.717) is 28.9 Å². The standard InChI is InChI=1S/C20H21NO3S2/c1-3-24-17-10-14(11-18-20(23)21(2)13-26-18)9-15(19(17)22)12-25-16-7-5-4-6-8-16/h4-11,22H,3,12-13H2,1-2H3. The Balaban J connectivity index is 1.89. The molecule has 4 nitrogen and oxygen atoms in total. The minimum atomic E-state index is 0.0289. The van der Waals surface area contributed by atoms with Gasteiger partial charge in [-0.3, -0.25) is 4.79 Å². The number of phenolic OH excluding ortho intramolecular Hbond substituents is 1. The number of carbonyl (C=O) groups excluding carboxylic acids is 1. The Kier molecular flexibility index (Phi) is 6.16. The van der Waals surface area contributed by atoms with E-state index in [1.165, 1.54) is 11.8 Å². The normalized spacial score (nSPS) is 15.7. The van der Waals surface area contributed by atoms with Gasteiger partial charge in [0, 0.05) is 23.3 Å². The van der Waals surface area contributed by atoms with Gasteiger partial charge in [0.15, 0.2) is 11.5 Å². The summed E-state index contributed by atoms with van der Waals surface area (Å²) < 4.78 is 5.59. The third-order valence-electron chi connectivity index (χ3n) is 3.88. The number of nitrogens with zero attached hydrogens (tertiary/aromatic N) is 1. The van der Waals surface area contributed by atoms with Crippen molar-refractivity contribution in [3.8, 4) is 11.5 Å². The summed E-state index contributed by atoms with van der Waals surface area (Å²) in [5.74, 6) is 1.93. The maximum absolute atomic E-state index is 12.1. The van der Waals surface area contributed by atoms with E-state index < -0.39 is 0 Å². The summed E-state index contributed by atoms with van der Waals surface area (Å²) in [6.07, 6.45) is 1.87. The number of thioether (sulfide) groups is 2. The number of hydrogen-bond donors (Lipinski definition) is 1. The van der Waals surface area contributed by atoms with E-state index in [0.717, 1.165) is 16.0 Å². The lowest BCUT2D eigenvalue weighted by molar-refractivity contribution is -0.123. The van der Waals surface area contributed by atoms with Gasteiger partial charge in [-0.15, -0.1) is 11.8 Å². The van der Waals surface area contributed by atoms with Gasteiger partial charge in [0.05, 0.1) is 17.4 Å². The predicted molar refractivity (Wildman–Crippen MR) is 108 cm³/mol. The van der Waals surface area contributed by atoms with E-state index >= 15 is 0 Å². The number of benzene rings is 2. The van der Waals surface area contributed by atoms with Gasteiger partial charge in [-0.25, -0.2) is 0 Å². The monoisotopic (exact) mass is 387 g/mol. The van der Waals surface area contributed by atoms with Gasteiger partial charge in [-0.2, -0.15) is 0 Å². The Morgan fingerprint density at radius 1 is 1.31 bits per heavy atom. The Morgan fingerprint density at radius 3 is 2.73 bits per heavy atom. The summed E-state index contributed by atoms with van der Waals surface area (Å²) >= 11 is 3.17. The first-order chi connectivity index (χ1) is 12.6. The van der Waals surface area contributed by atoms with E-state index in [1.54, 1.807) is 29.8 Å². The first kappa shape index (κ1) is 18.7. The number of rotatable bonds is 6. The van der Waals surface area contributed by atoms with Gasteiger partial charge in [-0.1, -0.05) is 30.0 Å². The molecule has 6 heteroatoms. The highest BCUT2D eigenvalue weighted by molar-refractivity contribution is 8.04. The number of hydrogen-bond acceptors (Lipinski definition) is 5. The van der Waals surface area contributed by atoms with Crippen LogP contribution in [0.4, 0.5) is 0 Å². The Morgan fingerprint density at radius 2 is 2.08 bits per heavy atom. The molecule has 1 aliphatic rings. The molecular weight excluding hydrogens is 366 g/mol. The minimum absolute atomic E-state index is 0.0289. The lowest BCUT2D eigenvalue weighted by Gasteiger charge is -2.12. The molecule has 0 spiro atoms. The first-order valence-electron chi connectivity index (χ1n) is 8.35. The van der Waals surface area contributed by atoms with Crippen LogP contribution in [0.5, 0.6) is 11.5 Å². The largest absolute Gasteiger partial charge is 0.504 e. The molecule has 0 bridgehead atoms. The summed E-state index contributed by atoms with van der Waals surface area (Å²) in [4.78, 5) is 15.7. The van der Waals surface area contributed by atoms with Crippen LogP contribution in [0.2, 0.25) is 0 Å². The Hall–Kier alpha value is -2.05. The number of amides is 1. The molecule has 26 heavy (non-hydrogen) atoms. The molecule has 1 amide bonds. The third-order valence-corrected chi connectivity index (χ3v) is 6.06. The van der Waals surface area contributed by atoms with Crippen molar-refractivity contribution in [1.29, 1.82) is 0 Å². The fraction of sp³-hybridized carbons (Fsp3) is 0.250. The molecule has 1 heterocycles. The van der Waals surface area contributed by atoms with Gasteiger partial charge < -0.3 is 14.7 Å². The first-order valence-corrected chi connectivity index (χ1v) is 10.3. The van der Waals surface area contributed by atoms with E-state index in [2.05, 4.69) is 0 Å². The van der Waals surface area contributed by atoms with Gasteiger partial charge >= 0.3 is 0 Å². The van der Waals surface area contributed by atoms with Crippen molar-refractivity contribution in [2.45, 2.75) is 17.6 Å². The highest BCUT2D eigenvalue weighted by atomic mass is 32.2. The van der Waals surface area contributed by atoms with E-state index in [-0.39, 0.29) is 11.7 Å². The van der Waals surface area contributed by atoms with E-state index in [1.807, 2.05) is 49.4 Å². The van der Waals surface area contributed by atoms with Crippen LogP contribution >= 0.6 is 23.5 Å². The molecule has 0 radical (unpaired) electrons. The second-order valence-electron chi connectivity index (χ2n) is 5.85. The summed E-state index contributed by atoms with van der Waals surface area (Å²) in [6.45, 7) is 2.35. The maximum atomic E-state index is 12.1. The number of aromatic hydroxyl groups is 1. The van der Waals surface area contributed by atoms with Gasteiger partial charge in [0.2, 0.25) is 0 Å². The third kappa shape index (κ3) is 4.37. The smallest absolute Gasteiger partial charge is 0.260 e. The minimum Gasteiger partial charge on any atom is -0.504 e. The lowest BCUT2D eigenvalue weighted by Crippen LogP contribution is -2.18. The summed E-state index contributed by atoms with van der Waals surface area (Å²) in [7, 11) is 1.79. The van der Waals surface area contributed by atoms with Crippen LogP contribution in [0.3, 0.4) is 0 Å². The van der Waals surface area contributed by atoms with Crippen LogP contribution in [0, 0.1) is 0 Å². The molecule has 0 atom stereocenters. The highest BCUT2D eigenvalue weighted by Gasteiger charge is 2.23. The zero-order valence-corrected chi connectivity index (χ0v) is 16.4. The molecule has 2 aromatic carbocycles. The second-order valence-corrected chi connectivity index (χ2v) is 7.88. The van der Waals surface area contributed by atoms with E-state index in [9.17, 15) is 9.90 Å². The molecule has 1 aliphatic heterocycles. The van der Waals surface area contributed by atoms with Crippen molar-refractivity contribution in [1.82, 2.24) is 4.90 Å². The Bertz CT molecular complexity index is 821. The van der Waals surface area contributed by atoms with Crippen LogP contribution < -0.4 is 4.74 Å². The molecule has 3 rings (SSSR count). The van der Waals surface area contributed by atoms with Crippen LogP contribution in [-0.4, -0.2) is 35.4 Å².